The summed E-state index contributed by atoms with van der Waals surface area (Å²) in [5, 5.41) is 3.65. The summed E-state index contributed by atoms with van der Waals surface area (Å²) in [6, 6.07) is 1.82. The highest BCUT2D eigenvalue weighted by atomic mass is 15.1. The lowest BCUT2D eigenvalue weighted by Crippen LogP contribution is -2.26. The molecule has 1 heterocycles. The van der Waals surface area contributed by atoms with E-state index in [0.29, 0.717) is 0 Å². The molecular weight excluding hydrogens is 110 g/mol. The van der Waals surface area contributed by atoms with Crippen LogP contribution in [0.15, 0.2) is 0 Å². The predicted molar refractivity (Wildman–Crippen MR) is 36.1 cm³/mol. The molecule has 0 spiro atoms. The molecule has 1 aliphatic heterocycles. The number of fused-ring (bicyclic) bond motifs is 1. The summed E-state index contributed by atoms with van der Waals surface area (Å²) in [5.41, 5.74) is 0. The Labute approximate surface area is 55.8 Å². The van der Waals surface area contributed by atoms with Crippen molar-refractivity contribution in [3.63, 3.8) is 0 Å². The van der Waals surface area contributed by atoms with Gasteiger partial charge in [-0.3, -0.25) is 0 Å². The first-order valence-electron chi connectivity index (χ1n) is 4.14. The van der Waals surface area contributed by atoms with Crippen LogP contribution in [0.5, 0.6) is 0 Å². The van der Waals surface area contributed by atoms with Crippen molar-refractivity contribution in [2.45, 2.75) is 31.8 Å². The molecule has 0 aromatic rings. The molecule has 0 amide bonds. The van der Waals surface area contributed by atoms with Crippen LogP contribution in [0.25, 0.3) is 0 Å². The smallest absolute Gasteiger partial charge is 0.0136 e. The Kier molecular flexibility index (Phi) is 0.628. The Bertz CT molecular complexity index is 155. The molecular formula is C8H13N. The van der Waals surface area contributed by atoms with E-state index in [-0.39, 0.29) is 0 Å². The van der Waals surface area contributed by atoms with Crippen molar-refractivity contribution in [1.29, 1.82) is 0 Å². The average molecular weight is 123 g/mol. The van der Waals surface area contributed by atoms with Crippen LogP contribution in [-0.2, 0) is 0 Å². The SMILES string of the molecule is CC1NC2C3CCC1C32. The van der Waals surface area contributed by atoms with Crippen molar-refractivity contribution >= 4 is 0 Å². The molecule has 3 fully saturated rings. The molecule has 2 saturated carbocycles. The van der Waals surface area contributed by atoms with Gasteiger partial charge in [0.05, 0.1) is 0 Å². The molecule has 1 N–H and O–H groups in total. The topological polar surface area (TPSA) is 12.0 Å². The maximum atomic E-state index is 3.65. The monoisotopic (exact) mass is 123 g/mol. The van der Waals surface area contributed by atoms with Crippen LogP contribution in [0.1, 0.15) is 19.8 Å². The van der Waals surface area contributed by atoms with Gasteiger partial charge in [-0.25, -0.2) is 0 Å². The summed E-state index contributed by atoms with van der Waals surface area (Å²) in [6.45, 7) is 2.35. The Morgan fingerprint density at radius 3 is 2.67 bits per heavy atom. The summed E-state index contributed by atoms with van der Waals surface area (Å²) in [6.07, 6.45) is 3.04. The Morgan fingerprint density at radius 1 is 1.22 bits per heavy atom. The van der Waals surface area contributed by atoms with Gasteiger partial charge in [0.15, 0.2) is 0 Å². The van der Waals surface area contributed by atoms with Gasteiger partial charge in [0.25, 0.3) is 0 Å². The molecule has 0 aromatic heterocycles. The maximum Gasteiger partial charge on any atom is 0.0136 e. The second-order valence-corrected chi connectivity index (χ2v) is 3.96. The molecule has 0 aromatic carbocycles. The highest BCUT2D eigenvalue weighted by molar-refractivity contribution is 5.17. The third-order valence-electron chi connectivity index (χ3n) is 3.65. The summed E-state index contributed by atoms with van der Waals surface area (Å²) < 4.78 is 0. The zero-order chi connectivity index (χ0) is 6.01. The number of hydrogen-bond donors (Lipinski definition) is 1. The van der Waals surface area contributed by atoms with Gasteiger partial charge < -0.3 is 5.32 Å². The van der Waals surface area contributed by atoms with Crippen molar-refractivity contribution in [1.82, 2.24) is 5.32 Å². The number of hydrogen-bond acceptors (Lipinski definition) is 1. The lowest BCUT2D eigenvalue weighted by Gasteiger charge is -2.11. The van der Waals surface area contributed by atoms with Crippen molar-refractivity contribution in [3.05, 3.63) is 0 Å². The highest BCUT2D eigenvalue weighted by Gasteiger charge is 2.63. The molecule has 1 saturated heterocycles. The highest BCUT2D eigenvalue weighted by Crippen LogP contribution is 2.60. The van der Waals surface area contributed by atoms with Gasteiger partial charge in [0, 0.05) is 12.1 Å². The van der Waals surface area contributed by atoms with E-state index in [1.54, 1.807) is 0 Å². The van der Waals surface area contributed by atoms with Gasteiger partial charge in [0.1, 0.15) is 0 Å². The average Bonchev–Trinajstić information content (AvgIpc) is 2.30. The third kappa shape index (κ3) is 0.389. The minimum atomic E-state index is 0.846. The standard InChI is InChI=1S/C8H13N/c1-4-5-2-3-6-7(5)8(6)9-4/h4-9H,2-3H2,1H3. The summed E-state index contributed by atoms with van der Waals surface area (Å²) >= 11 is 0. The van der Waals surface area contributed by atoms with Crippen molar-refractivity contribution < 1.29 is 0 Å². The van der Waals surface area contributed by atoms with Gasteiger partial charge in [-0.2, -0.15) is 0 Å². The summed E-state index contributed by atoms with van der Waals surface area (Å²) in [5.74, 6) is 3.31. The molecule has 50 valence electrons. The minimum absolute atomic E-state index is 0.846. The van der Waals surface area contributed by atoms with Crippen LogP contribution in [0.4, 0.5) is 0 Å². The van der Waals surface area contributed by atoms with Gasteiger partial charge in [-0.15, -0.1) is 0 Å². The normalized spacial score (nSPS) is 68.3. The van der Waals surface area contributed by atoms with Crippen molar-refractivity contribution in [3.8, 4) is 0 Å². The zero-order valence-corrected chi connectivity index (χ0v) is 5.80. The Morgan fingerprint density at radius 2 is 2.00 bits per heavy atom. The van der Waals surface area contributed by atoms with Gasteiger partial charge in [-0.05, 0) is 37.5 Å². The van der Waals surface area contributed by atoms with Crippen LogP contribution in [0.2, 0.25) is 0 Å². The Hall–Kier alpha value is -0.0400. The lowest BCUT2D eigenvalue weighted by atomic mass is 10.00. The molecule has 5 atom stereocenters. The zero-order valence-electron chi connectivity index (χ0n) is 5.80. The molecule has 3 aliphatic rings. The van der Waals surface area contributed by atoms with Crippen LogP contribution in [0, 0.1) is 17.8 Å². The number of piperidine rings is 1. The van der Waals surface area contributed by atoms with E-state index in [1.165, 1.54) is 12.8 Å². The van der Waals surface area contributed by atoms with E-state index in [4.69, 9.17) is 0 Å². The molecule has 1 heteroatoms. The van der Waals surface area contributed by atoms with Crippen LogP contribution < -0.4 is 5.32 Å². The van der Waals surface area contributed by atoms with E-state index in [9.17, 15) is 0 Å². The number of nitrogens with one attached hydrogen (secondary N) is 1. The molecule has 1 nitrogen and oxygen atoms in total. The van der Waals surface area contributed by atoms with E-state index < -0.39 is 0 Å². The summed E-state index contributed by atoms with van der Waals surface area (Å²) in [7, 11) is 0. The largest absolute Gasteiger partial charge is 0.311 e. The lowest BCUT2D eigenvalue weighted by molar-refractivity contribution is 0.438. The van der Waals surface area contributed by atoms with Gasteiger partial charge in [-0.1, -0.05) is 0 Å². The van der Waals surface area contributed by atoms with E-state index in [2.05, 4.69) is 12.2 Å². The molecule has 0 radical (unpaired) electrons. The van der Waals surface area contributed by atoms with E-state index in [1.807, 2.05) is 0 Å². The predicted octanol–water partition coefficient (Wildman–Crippen LogP) is 1.00. The first-order valence-corrected chi connectivity index (χ1v) is 4.14. The molecule has 0 bridgehead atoms. The number of rotatable bonds is 0. The van der Waals surface area contributed by atoms with Crippen molar-refractivity contribution in [2.24, 2.45) is 17.8 Å². The van der Waals surface area contributed by atoms with Gasteiger partial charge in [0.2, 0.25) is 0 Å². The minimum Gasteiger partial charge on any atom is -0.311 e. The van der Waals surface area contributed by atoms with E-state index >= 15 is 0 Å². The molecule has 3 rings (SSSR count). The van der Waals surface area contributed by atoms with Crippen LogP contribution >= 0.6 is 0 Å². The van der Waals surface area contributed by atoms with Crippen LogP contribution in [-0.4, -0.2) is 12.1 Å². The fourth-order valence-electron chi connectivity index (χ4n) is 3.18. The van der Waals surface area contributed by atoms with Crippen molar-refractivity contribution in [2.75, 3.05) is 0 Å². The second kappa shape index (κ2) is 1.20. The Balaban J connectivity index is 1.96. The third-order valence-corrected chi connectivity index (χ3v) is 3.65. The maximum absolute atomic E-state index is 3.65. The van der Waals surface area contributed by atoms with E-state index in [0.717, 1.165) is 29.8 Å². The molecule has 5 unspecified atom stereocenters. The first-order chi connectivity index (χ1) is 4.38. The van der Waals surface area contributed by atoms with Gasteiger partial charge >= 0.3 is 0 Å². The fraction of sp³-hybridized carbons (Fsp3) is 1.00. The quantitative estimate of drug-likeness (QED) is 0.506. The molecule has 2 aliphatic carbocycles. The second-order valence-electron chi connectivity index (χ2n) is 3.96. The fourth-order valence-corrected chi connectivity index (χ4v) is 3.18. The summed E-state index contributed by atoms with van der Waals surface area (Å²) in [4.78, 5) is 0. The molecule has 9 heavy (non-hydrogen) atoms. The van der Waals surface area contributed by atoms with Crippen LogP contribution in [0.3, 0.4) is 0 Å². The first kappa shape index (κ1) is 4.73.